The number of thioether (sulfide) groups is 1. The largest absolute Gasteiger partial charge is 0.496 e. The lowest BCUT2D eigenvalue weighted by Gasteiger charge is -2.05. The second-order valence-electron chi connectivity index (χ2n) is 7.12. The molecule has 32 heavy (non-hydrogen) atoms. The molecule has 0 bridgehead atoms. The van der Waals surface area contributed by atoms with E-state index in [2.05, 4.69) is 10.3 Å². The van der Waals surface area contributed by atoms with Crippen molar-refractivity contribution < 1.29 is 18.9 Å². The normalized spacial score (nSPS) is 15.9. The number of hydrogen-bond acceptors (Lipinski definition) is 7. The molecule has 0 aliphatic carbocycles. The number of benzene rings is 2. The minimum absolute atomic E-state index is 0.0749. The monoisotopic (exact) mass is 449 g/mol. The van der Waals surface area contributed by atoms with Gasteiger partial charge in [-0.05, 0) is 55.4 Å². The molecule has 1 amide bonds. The van der Waals surface area contributed by atoms with Gasteiger partial charge in [0.15, 0.2) is 5.17 Å². The van der Waals surface area contributed by atoms with E-state index in [1.165, 1.54) is 31.0 Å². The van der Waals surface area contributed by atoms with E-state index < -0.39 is 4.92 Å². The highest BCUT2D eigenvalue weighted by atomic mass is 32.2. The fourth-order valence-corrected chi connectivity index (χ4v) is 4.04. The number of amidine groups is 1. The number of hydrogen-bond donors (Lipinski definition) is 1. The summed E-state index contributed by atoms with van der Waals surface area (Å²) in [7, 11) is 1.44. The lowest BCUT2D eigenvalue weighted by molar-refractivity contribution is -0.384. The lowest BCUT2D eigenvalue weighted by atomic mass is 10.1. The van der Waals surface area contributed by atoms with Crippen LogP contribution in [0.4, 0.5) is 11.4 Å². The maximum absolute atomic E-state index is 12.4. The molecule has 3 aromatic rings. The fourth-order valence-electron chi connectivity index (χ4n) is 3.22. The zero-order valence-corrected chi connectivity index (χ0v) is 18.4. The summed E-state index contributed by atoms with van der Waals surface area (Å²) in [6.45, 7) is 3.99. The summed E-state index contributed by atoms with van der Waals surface area (Å²) in [4.78, 5) is 27.9. The average Bonchev–Trinajstić information content (AvgIpc) is 3.36. The zero-order valence-electron chi connectivity index (χ0n) is 17.5. The predicted molar refractivity (Wildman–Crippen MR) is 124 cm³/mol. The summed E-state index contributed by atoms with van der Waals surface area (Å²) < 4.78 is 11.1. The number of carbonyl (C=O) groups excluding carboxylic acids is 1. The first-order chi connectivity index (χ1) is 15.3. The highest BCUT2D eigenvalue weighted by molar-refractivity contribution is 8.18. The number of furan rings is 1. The van der Waals surface area contributed by atoms with Crippen molar-refractivity contribution >= 4 is 40.3 Å². The third-order valence-electron chi connectivity index (χ3n) is 4.79. The maximum atomic E-state index is 12.4. The van der Waals surface area contributed by atoms with Gasteiger partial charge < -0.3 is 14.5 Å². The molecule has 4 rings (SSSR count). The van der Waals surface area contributed by atoms with Crippen LogP contribution in [0.25, 0.3) is 17.4 Å². The van der Waals surface area contributed by atoms with Crippen LogP contribution in [0.1, 0.15) is 16.9 Å². The van der Waals surface area contributed by atoms with Crippen LogP contribution in [-0.4, -0.2) is 23.1 Å². The second kappa shape index (κ2) is 8.72. The molecule has 0 unspecified atom stereocenters. The van der Waals surface area contributed by atoms with E-state index in [-0.39, 0.29) is 11.6 Å². The molecule has 1 aliphatic heterocycles. The van der Waals surface area contributed by atoms with E-state index in [4.69, 9.17) is 9.15 Å². The molecule has 162 valence electrons. The quantitative estimate of drug-likeness (QED) is 0.319. The number of nitro groups is 1. The molecule has 0 atom stereocenters. The first-order valence-corrected chi connectivity index (χ1v) is 10.4. The number of rotatable bonds is 5. The van der Waals surface area contributed by atoms with Crippen LogP contribution in [0.5, 0.6) is 5.75 Å². The van der Waals surface area contributed by atoms with Crippen molar-refractivity contribution in [2.75, 3.05) is 7.11 Å². The van der Waals surface area contributed by atoms with Crippen molar-refractivity contribution in [2.45, 2.75) is 13.8 Å². The standard InChI is InChI=1S/C23H19N3O5S/c1-13-4-8-18(14(2)10-13)24-23-25-22(27)21(32-23)12-16-6-9-19(31-16)17-7-5-15(26(28)29)11-20(17)30-3/h4-12H,1-3H3,(H,24,25,27). The highest BCUT2D eigenvalue weighted by Crippen LogP contribution is 2.35. The molecule has 1 fully saturated rings. The Kier molecular flexibility index (Phi) is 5.83. The van der Waals surface area contributed by atoms with Gasteiger partial charge in [-0.2, -0.15) is 0 Å². The molecule has 2 heterocycles. The summed E-state index contributed by atoms with van der Waals surface area (Å²) in [5.74, 6) is 0.995. The molecule has 9 heteroatoms. The summed E-state index contributed by atoms with van der Waals surface area (Å²) >= 11 is 1.23. The molecule has 0 radical (unpaired) electrons. The molecule has 1 aromatic heterocycles. The average molecular weight is 449 g/mol. The SMILES string of the molecule is COc1cc([N+](=O)[O-])ccc1-c1ccc(C=C2SC(=Nc3ccc(C)cc3C)NC2=O)o1. The van der Waals surface area contributed by atoms with E-state index in [9.17, 15) is 14.9 Å². The van der Waals surface area contributed by atoms with Crippen LogP contribution in [0.2, 0.25) is 0 Å². The van der Waals surface area contributed by atoms with Gasteiger partial charge in [0.1, 0.15) is 17.3 Å². The van der Waals surface area contributed by atoms with Gasteiger partial charge in [0, 0.05) is 12.1 Å². The van der Waals surface area contributed by atoms with Gasteiger partial charge in [0.05, 0.1) is 34.3 Å². The summed E-state index contributed by atoms with van der Waals surface area (Å²) in [6.07, 6.45) is 1.63. The summed E-state index contributed by atoms with van der Waals surface area (Å²) in [6, 6.07) is 13.7. The van der Waals surface area contributed by atoms with Crippen molar-refractivity contribution in [3.63, 3.8) is 0 Å². The summed E-state index contributed by atoms with van der Waals surface area (Å²) in [5.41, 5.74) is 3.47. The Balaban J connectivity index is 1.58. The Morgan fingerprint density at radius 3 is 2.69 bits per heavy atom. The van der Waals surface area contributed by atoms with Gasteiger partial charge >= 0.3 is 0 Å². The van der Waals surface area contributed by atoms with Crippen LogP contribution in [0.3, 0.4) is 0 Å². The van der Waals surface area contributed by atoms with Crippen LogP contribution < -0.4 is 10.1 Å². The second-order valence-corrected chi connectivity index (χ2v) is 8.15. The minimum Gasteiger partial charge on any atom is -0.496 e. The van der Waals surface area contributed by atoms with Crippen LogP contribution >= 0.6 is 11.8 Å². The molecular formula is C23H19N3O5S. The zero-order chi connectivity index (χ0) is 22.8. The smallest absolute Gasteiger partial charge is 0.273 e. The first kappa shape index (κ1) is 21.4. The molecule has 1 saturated heterocycles. The third kappa shape index (κ3) is 4.42. The van der Waals surface area contributed by atoms with Crippen molar-refractivity contribution in [2.24, 2.45) is 4.99 Å². The molecular weight excluding hydrogens is 430 g/mol. The van der Waals surface area contributed by atoms with E-state index in [1.54, 1.807) is 24.3 Å². The number of nitrogens with one attached hydrogen (secondary N) is 1. The van der Waals surface area contributed by atoms with Crippen molar-refractivity contribution in [3.8, 4) is 17.1 Å². The van der Waals surface area contributed by atoms with E-state index in [0.717, 1.165) is 16.8 Å². The van der Waals surface area contributed by atoms with Gasteiger partial charge in [-0.1, -0.05) is 17.7 Å². The molecule has 2 aromatic carbocycles. The highest BCUT2D eigenvalue weighted by Gasteiger charge is 2.25. The number of aliphatic imine (C=N–C) groups is 1. The van der Waals surface area contributed by atoms with Crippen molar-refractivity contribution in [1.82, 2.24) is 5.32 Å². The molecule has 0 spiro atoms. The van der Waals surface area contributed by atoms with Gasteiger partial charge in [0.2, 0.25) is 0 Å². The van der Waals surface area contributed by atoms with Crippen molar-refractivity contribution in [3.05, 3.63) is 80.4 Å². The number of nitro benzene ring substituents is 1. The van der Waals surface area contributed by atoms with Gasteiger partial charge in [-0.3, -0.25) is 14.9 Å². The van der Waals surface area contributed by atoms with E-state index in [1.807, 2.05) is 32.0 Å². The summed E-state index contributed by atoms with van der Waals surface area (Å²) in [5, 5.41) is 14.3. The third-order valence-corrected chi connectivity index (χ3v) is 5.70. The Morgan fingerprint density at radius 2 is 1.97 bits per heavy atom. The van der Waals surface area contributed by atoms with Crippen LogP contribution in [0, 0.1) is 24.0 Å². The Labute approximate surface area is 188 Å². The van der Waals surface area contributed by atoms with Gasteiger partial charge in [-0.15, -0.1) is 0 Å². The lowest BCUT2D eigenvalue weighted by Crippen LogP contribution is -2.19. The number of non-ortho nitro benzene ring substituents is 1. The Bertz CT molecular complexity index is 1290. The molecule has 8 nitrogen and oxygen atoms in total. The number of nitrogens with zero attached hydrogens (tertiary/aromatic N) is 2. The van der Waals surface area contributed by atoms with Gasteiger partial charge in [-0.25, -0.2) is 4.99 Å². The number of aryl methyl sites for hydroxylation is 2. The molecule has 1 aliphatic rings. The Hall–Kier alpha value is -3.85. The maximum Gasteiger partial charge on any atom is 0.273 e. The topological polar surface area (TPSA) is 107 Å². The minimum atomic E-state index is -0.489. The first-order valence-electron chi connectivity index (χ1n) is 9.63. The van der Waals surface area contributed by atoms with E-state index in [0.29, 0.717) is 32.9 Å². The number of carbonyl (C=O) groups is 1. The number of methoxy groups -OCH3 is 1. The van der Waals surface area contributed by atoms with Crippen LogP contribution in [-0.2, 0) is 4.79 Å². The fraction of sp³-hybridized carbons (Fsp3) is 0.130. The molecule has 1 N–H and O–H groups in total. The van der Waals surface area contributed by atoms with Crippen molar-refractivity contribution in [1.29, 1.82) is 0 Å². The van der Waals surface area contributed by atoms with Crippen LogP contribution in [0.15, 0.2) is 62.8 Å². The van der Waals surface area contributed by atoms with E-state index >= 15 is 0 Å². The number of ether oxygens (including phenoxy) is 1. The number of amides is 1. The Morgan fingerprint density at radius 1 is 1.16 bits per heavy atom. The predicted octanol–water partition coefficient (Wildman–Crippen LogP) is 5.37. The van der Waals surface area contributed by atoms with Gasteiger partial charge in [0.25, 0.3) is 11.6 Å². The molecule has 0 saturated carbocycles.